The van der Waals surface area contributed by atoms with Crippen molar-refractivity contribution in [3.05, 3.63) is 29.8 Å². The van der Waals surface area contributed by atoms with Crippen LogP contribution in [0.15, 0.2) is 24.3 Å². The standard InChI is InChI=1S/C99H167N21O25S2/c1-52(2)40-67(85(131)105-51-81(128)129)107-78(124)49-102-77(123)48-104-95(141)75-25-22-37-120(75)99(145)82(59(15)16)117-94(140)73(46-58(13)14)111-87(133)65(34-39-147-19)106-79(125)50-103-86(132)68(41-53(3)4)110-90(136)70(43-55(7)8)113-93(139)74(47-61-27-29-62(122)30-28-61)114-92(138)72(45-57(11)12)116-97(143)83(60(17)121)118-88(134)64(31-32-80(126)127)108-89(135)69(42-54(5)6)112-91(137)71(44-56(9)10)115-96(142)76-26-23-36-119(76)98(144)66(24-20-21-35-100)109-84(130)63(101)33-38-146-18/h27-30,52-60,63-76,82-83,121-122H,20-26,31-51,100-101H2,1-19H3,(H,102,123)(H,103,132)(H,104,141)(H,105,131)(H,106,125)(H,107,124)(H,108,135)(H,109,130)(H,110,136)(H,111,133)(H,112,137)(H,113,139)(H,114,138)(H,115,142)(H,116,143)(H,117,140)(H,118,134)(H,126,127)(H,128,129)/t60-,63+,64+,65+,66+,67+,68+,69+,70+,71+,72+,73+,74+,75+,76+,82+,83+/m1/s1. The Balaban J connectivity index is 1.87. The molecular weight excluding hydrogens is 1950 g/mol. The molecule has 3 rings (SSSR count). The molecule has 0 aromatic heterocycles. The van der Waals surface area contributed by atoms with Crippen molar-refractivity contribution in [1.29, 1.82) is 0 Å². The lowest BCUT2D eigenvalue weighted by Crippen LogP contribution is -2.62. The zero-order chi connectivity index (χ0) is 111. The Labute approximate surface area is 871 Å². The minimum absolute atomic E-state index is 0.0179. The van der Waals surface area contributed by atoms with Gasteiger partial charge in [0.15, 0.2) is 0 Å². The summed E-state index contributed by atoms with van der Waals surface area (Å²) in [4.78, 5) is 295. The van der Waals surface area contributed by atoms with E-state index in [0.717, 1.165) is 6.92 Å². The number of amides is 19. The maximum Gasteiger partial charge on any atom is 0.322 e. The lowest BCUT2D eigenvalue weighted by atomic mass is 9.98. The van der Waals surface area contributed by atoms with Gasteiger partial charge < -0.3 is 132 Å². The summed E-state index contributed by atoms with van der Waals surface area (Å²) in [5, 5.41) is 84.6. The van der Waals surface area contributed by atoms with Crippen LogP contribution in [0.3, 0.4) is 0 Å². The van der Waals surface area contributed by atoms with Crippen LogP contribution in [0.5, 0.6) is 5.75 Å². The number of thioether (sulfide) groups is 2. The van der Waals surface area contributed by atoms with E-state index < -0.39 is 278 Å². The van der Waals surface area contributed by atoms with Gasteiger partial charge in [-0.2, -0.15) is 23.5 Å². The Morgan fingerprint density at radius 2 is 0.707 bits per heavy atom. The summed E-state index contributed by atoms with van der Waals surface area (Å²) in [6.45, 7) is 27.1. The van der Waals surface area contributed by atoms with Crippen molar-refractivity contribution >= 4 is 148 Å². The minimum atomic E-state index is -1.94. The van der Waals surface area contributed by atoms with Crippen LogP contribution in [-0.4, -0.2) is 327 Å². The number of carboxylic acids is 2. The Kier molecular flexibility index (Phi) is 58.8. The maximum absolute atomic E-state index is 15.0. The van der Waals surface area contributed by atoms with E-state index in [0.29, 0.717) is 55.7 Å². The number of carbonyl (C=O) groups excluding carboxylic acids is 19. The molecule has 0 saturated carbocycles. The smallest absolute Gasteiger partial charge is 0.322 e. The highest BCUT2D eigenvalue weighted by molar-refractivity contribution is 7.98. The number of nitrogens with one attached hydrogen (secondary N) is 17. The SMILES string of the molecule is CSCC[C@H](NC(=O)CNC(=O)[C@H](CC(C)C)NC(=O)[C@H](CC(C)C)NC(=O)[C@H](Cc1ccc(O)cc1)NC(=O)[C@H](CC(C)C)NC(=O)[C@@H](NC(=O)[C@H](CCC(=O)O)NC(=O)[C@H](CC(C)C)NC(=O)[C@H](CC(C)C)NC(=O)[C@@H]1CCCN1C(=O)[C@H](CCCCN)NC(=O)[C@@H](N)CCSC)[C@@H](C)O)C(=O)N[C@@H](CC(C)C)C(=O)N[C@H](C(=O)N1CCC[C@H]1C(=O)NCC(=O)NCC(=O)N[C@@H](CC(C)C)C(=O)NCC(=O)O)C(C)C. The number of rotatable bonds is 68. The normalized spacial score (nSPS) is 16.6. The predicted molar refractivity (Wildman–Crippen MR) is 553 cm³/mol. The number of carboxylic acid groups (broad SMARTS) is 2. The molecule has 19 amide bonds. The van der Waals surface area contributed by atoms with Crippen molar-refractivity contribution in [3.63, 3.8) is 0 Å². The van der Waals surface area contributed by atoms with Gasteiger partial charge in [-0.25, -0.2) is 0 Å². The molecule has 0 bridgehead atoms. The van der Waals surface area contributed by atoms with E-state index in [1.165, 1.54) is 57.6 Å². The number of carbonyl (C=O) groups is 21. The van der Waals surface area contributed by atoms with Gasteiger partial charge in [0, 0.05) is 25.9 Å². The third-order valence-corrected chi connectivity index (χ3v) is 25.4. The van der Waals surface area contributed by atoms with Crippen LogP contribution in [0.1, 0.15) is 239 Å². The van der Waals surface area contributed by atoms with Crippen LogP contribution < -0.4 is 102 Å². The number of aliphatic carboxylic acids is 2. The van der Waals surface area contributed by atoms with Gasteiger partial charge in [-0.3, -0.25) is 101 Å². The molecule has 2 aliphatic heterocycles. The van der Waals surface area contributed by atoms with Gasteiger partial charge in [-0.1, -0.05) is 123 Å². The van der Waals surface area contributed by atoms with Gasteiger partial charge in [0.2, 0.25) is 112 Å². The summed E-state index contributed by atoms with van der Waals surface area (Å²) in [5.74, 6) is -20.0. The summed E-state index contributed by atoms with van der Waals surface area (Å²) in [6.07, 6.45) is 3.00. The first kappa shape index (κ1) is 130. The molecule has 2 aliphatic rings. The third-order valence-electron chi connectivity index (χ3n) is 24.2. The zero-order valence-corrected chi connectivity index (χ0v) is 90.4. The molecule has 2 fully saturated rings. The molecule has 2 heterocycles. The van der Waals surface area contributed by atoms with Crippen molar-refractivity contribution in [2.75, 3.05) is 69.8 Å². The van der Waals surface area contributed by atoms with Crippen LogP contribution >= 0.6 is 23.5 Å². The number of phenolic OH excluding ortho intramolecular Hbond substituents is 1. The molecule has 48 heteroatoms. The zero-order valence-electron chi connectivity index (χ0n) is 88.8. The van der Waals surface area contributed by atoms with Gasteiger partial charge in [0.25, 0.3) is 0 Å². The number of nitrogens with two attached hydrogens (primary N) is 2. The van der Waals surface area contributed by atoms with E-state index in [-0.39, 0.29) is 131 Å². The number of aliphatic hydroxyl groups is 1. The number of aromatic hydroxyl groups is 1. The van der Waals surface area contributed by atoms with Gasteiger partial charge in [0.05, 0.1) is 31.8 Å². The third kappa shape index (κ3) is 48.5. The predicted octanol–water partition coefficient (Wildman–Crippen LogP) is -1.04. The molecular formula is C99H167N21O25S2. The summed E-state index contributed by atoms with van der Waals surface area (Å²) < 4.78 is 0. The fraction of sp³-hybridized carbons (Fsp3) is 0.727. The van der Waals surface area contributed by atoms with E-state index in [2.05, 4.69) is 90.4 Å². The molecule has 0 aliphatic carbocycles. The van der Waals surface area contributed by atoms with Crippen LogP contribution in [0.25, 0.3) is 0 Å². The first-order valence-corrected chi connectivity index (χ1v) is 53.8. The van der Waals surface area contributed by atoms with Crippen molar-refractivity contribution in [3.8, 4) is 5.75 Å². The molecule has 1 aromatic rings. The minimum Gasteiger partial charge on any atom is -0.508 e. The number of unbranched alkanes of at least 4 members (excludes halogenated alkanes) is 1. The molecule has 0 unspecified atom stereocenters. The van der Waals surface area contributed by atoms with Crippen molar-refractivity contribution in [2.24, 2.45) is 58.8 Å². The van der Waals surface area contributed by atoms with Gasteiger partial charge in [-0.05, 0) is 212 Å². The maximum atomic E-state index is 15.0. The fourth-order valence-corrected chi connectivity index (χ4v) is 17.6. The average molecular weight is 2120 g/mol. The summed E-state index contributed by atoms with van der Waals surface area (Å²) >= 11 is 2.85. The lowest BCUT2D eigenvalue weighted by Gasteiger charge is -2.32. The highest BCUT2D eigenvalue weighted by Gasteiger charge is 2.45. The number of hydrogen-bond acceptors (Lipinski definition) is 27. The molecule has 17 atom stereocenters. The molecule has 147 heavy (non-hydrogen) atoms. The van der Waals surface area contributed by atoms with E-state index >= 15 is 4.79 Å². The average Bonchev–Trinajstić information content (AvgIpc) is 1.71. The fourth-order valence-electron chi connectivity index (χ4n) is 16.6. The second-order valence-electron chi connectivity index (χ2n) is 41.1. The van der Waals surface area contributed by atoms with Crippen molar-refractivity contribution in [1.82, 2.24) is 100 Å². The molecule has 830 valence electrons. The summed E-state index contributed by atoms with van der Waals surface area (Å²) in [7, 11) is 0. The van der Waals surface area contributed by atoms with Crippen LogP contribution in [0.4, 0.5) is 0 Å². The first-order valence-electron chi connectivity index (χ1n) is 51.0. The van der Waals surface area contributed by atoms with Crippen molar-refractivity contribution < 1.29 is 121 Å². The van der Waals surface area contributed by atoms with Gasteiger partial charge in [-0.15, -0.1) is 0 Å². The number of nitrogens with zero attached hydrogens (tertiary/aromatic N) is 2. The molecule has 0 spiro atoms. The Morgan fingerprint density at radius 1 is 0.354 bits per heavy atom. The summed E-state index contributed by atoms with van der Waals surface area (Å²) in [5.41, 5.74) is 12.3. The number of phenols is 1. The van der Waals surface area contributed by atoms with Gasteiger partial charge >= 0.3 is 11.9 Å². The van der Waals surface area contributed by atoms with E-state index in [1.54, 1.807) is 117 Å². The largest absolute Gasteiger partial charge is 0.508 e. The Bertz CT molecular complexity index is 4530. The quantitative estimate of drug-likeness (QED) is 0.0346. The number of aliphatic hydroxyl groups excluding tert-OH is 1. The highest BCUT2D eigenvalue weighted by Crippen LogP contribution is 2.26. The number of hydrogen-bond donors (Lipinski definition) is 23. The first-order chi connectivity index (χ1) is 69.0. The Hall–Kier alpha value is -11.5. The summed E-state index contributed by atoms with van der Waals surface area (Å²) in [6, 6.07) is -15.8. The molecule has 46 nitrogen and oxygen atoms in total. The highest BCUT2D eigenvalue weighted by atomic mass is 32.2. The van der Waals surface area contributed by atoms with Crippen LogP contribution in [-0.2, 0) is 107 Å². The topological polar surface area (TPSA) is 702 Å². The lowest BCUT2D eigenvalue weighted by molar-refractivity contribution is -0.143. The molecule has 25 N–H and O–H groups in total. The van der Waals surface area contributed by atoms with Crippen LogP contribution in [0, 0.1) is 47.3 Å². The monoisotopic (exact) mass is 2110 g/mol. The Morgan fingerprint density at radius 3 is 1.15 bits per heavy atom. The number of benzene rings is 1. The second-order valence-corrected chi connectivity index (χ2v) is 43.1. The second kappa shape index (κ2) is 66.7. The number of likely N-dealkylation sites (tertiary alicyclic amines) is 2. The van der Waals surface area contributed by atoms with Crippen LogP contribution in [0.2, 0.25) is 0 Å². The van der Waals surface area contributed by atoms with E-state index in [4.69, 9.17) is 16.6 Å². The molecule has 0 radical (unpaired) electrons. The van der Waals surface area contributed by atoms with E-state index in [1.807, 2.05) is 6.26 Å². The molecule has 1 aromatic carbocycles. The van der Waals surface area contributed by atoms with E-state index in [9.17, 15) is 111 Å². The molecule has 2 saturated heterocycles. The van der Waals surface area contributed by atoms with Gasteiger partial charge in [0.1, 0.15) is 103 Å². The van der Waals surface area contributed by atoms with Crippen molar-refractivity contribution in [2.45, 2.75) is 342 Å².